The van der Waals surface area contributed by atoms with Crippen molar-refractivity contribution in [3.05, 3.63) is 65.2 Å². The van der Waals surface area contributed by atoms with Gasteiger partial charge in [0.15, 0.2) is 6.61 Å². The van der Waals surface area contributed by atoms with Gasteiger partial charge in [-0.3, -0.25) is 0 Å². The van der Waals surface area contributed by atoms with Crippen molar-refractivity contribution in [1.29, 1.82) is 0 Å². The average molecular weight is 290 g/mol. The second-order valence-corrected chi connectivity index (χ2v) is 5.27. The summed E-state index contributed by atoms with van der Waals surface area (Å²) in [4.78, 5) is 0. The van der Waals surface area contributed by atoms with Crippen LogP contribution in [0.5, 0.6) is 5.75 Å². The Morgan fingerprint density at radius 2 is 1.90 bits per heavy atom. The molecule has 2 nitrogen and oxygen atoms in total. The Morgan fingerprint density at radius 1 is 1.14 bits per heavy atom. The van der Waals surface area contributed by atoms with E-state index in [-0.39, 0.29) is 5.56 Å². The molecular formula is C17H16F2O2. The number of alkyl halides is 2. The van der Waals surface area contributed by atoms with Crippen LogP contribution in [0.4, 0.5) is 8.78 Å². The van der Waals surface area contributed by atoms with Crippen LogP contribution in [0.3, 0.4) is 0 Å². The van der Waals surface area contributed by atoms with Crippen molar-refractivity contribution in [2.45, 2.75) is 24.9 Å². The van der Waals surface area contributed by atoms with Crippen molar-refractivity contribution < 1.29 is 18.6 Å². The first-order valence-corrected chi connectivity index (χ1v) is 6.93. The molecule has 21 heavy (non-hydrogen) atoms. The number of benzene rings is 2. The van der Waals surface area contributed by atoms with Gasteiger partial charge in [-0.05, 0) is 36.1 Å². The fourth-order valence-electron chi connectivity index (χ4n) is 2.60. The Labute approximate surface area is 122 Å². The molecular weight excluding hydrogens is 274 g/mol. The van der Waals surface area contributed by atoms with Gasteiger partial charge in [-0.1, -0.05) is 36.4 Å². The van der Waals surface area contributed by atoms with Gasteiger partial charge in [0.05, 0.1) is 6.10 Å². The number of halogens is 2. The smallest absolute Gasteiger partial charge is 0.306 e. The van der Waals surface area contributed by atoms with Crippen LogP contribution in [0, 0.1) is 0 Å². The molecule has 0 bridgehead atoms. The van der Waals surface area contributed by atoms with E-state index in [2.05, 4.69) is 0 Å². The Bertz CT molecular complexity index is 626. The SMILES string of the molecule is O[C@H]1CCc2cc(OCC(F)(F)c3ccccc3)ccc21. The van der Waals surface area contributed by atoms with Gasteiger partial charge in [-0.2, -0.15) is 8.78 Å². The second-order valence-electron chi connectivity index (χ2n) is 5.27. The standard InChI is InChI=1S/C17H16F2O2/c18-17(19,13-4-2-1-3-5-13)11-21-14-7-8-15-12(10-14)6-9-16(15)20/h1-5,7-8,10,16,20H,6,9,11H2/t16-/m0/s1. The topological polar surface area (TPSA) is 29.5 Å². The number of ether oxygens (including phenoxy) is 1. The fourth-order valence-corrected chi connectivity index (χ4v) is 2.60. The zero-order valence-corrected chi connectivity index (χ0v) is 11.4. The van der Waals surface area contributed by atoms with Gasteiger partial charge in [0.25, 0.3) is 0 Å². The Kier molecular flexibility index (Phi) is 3.64. The molecule has 0 aliphatic heterocycles. The zero-order valence-electron chi connectivity index (χ0n) is 11.4. The molecule has 0 fully saturated rings. The minimum Gasteiger partial charge on any atom is -0.487 e. The highest BCUT2D eigenvalue weighted by molar-refractivity contribution is 5.40. The van der Waals surface area contributed by atoms with E-state index in [0.29, 0.717) is 12.2 Å². The van der Waals surface area contributed by atoms with Gasteiger partial charge >= 0.3 is 5.92 Å². The number of aliphatic hydroxyl groups excluding tert-OH is 1. The van der Waals surface area contributed by atoms with Crippen LogP contribution in [-0.2, 0) is 12.3 Å². The van der Waals surface area contributed by atoms with E-state index in [1.54, 1.807) is 36.4 Å². The van der Waals surface area contributed by atoms with E-state index in [1.165, 1.54) is 12.1 Å². The molecule has 0 saturated carbocycles. The van der Waals surface area contributed by atoms with E-state index in [0.717, 1.165) is 17.5 Å². The van der Waals surface area contributed by atoms with E-state index in [4.69, 9.17) is 4.74 Å². The predicted octanol–water partition coefficient (Wildman–Crippen LogP) is 3.84. The monoisotopic (exact) mass is 290 g/mol. The van der Waals surface area contributed by atoms with Gasteiger partial charge in [0, 0.05) is 5.56 Å². The van der Waals surface area contributed by atoms with E-state index >= 15 is 0 Å². The maximum Gasteiger partial charge on any atom is 0.306 e. The predicted molar refractivity (Wildman–Crippen MR) is 75.6 cm³/mol. The van der Waals surface area contributed by atoms with Crippen LogP contribution < -0.4 is 4.74 Å². The van der Waals surface area contributed by atoms with Crippen molar-refractivity contribution in [3.63, 3.8) is 0 Å². The van der Waals surface area contributed by atoms with Gasteiger partial charge < -0.3 is 9.84 Å². The maximum atomic E-state index is 14.0. The van der Waals surface area contributed by atoms with Crippen molar-refractivity contribution in [3.8, 4) is 5.75 Å². The summed E-state index contributed by atoms with van der Waals surface area (Å²) in [6, 6.07) is 12.8. The van der Waals surface area contributed by atoms with Crippen molar-refractivity contribution in [2.75, 3.05) is 6.61 Å². The third-order valence-electron chi connectivity index (χ3n) is 3.78. The Balaban J connectivity index is 1.71. The third kappa shape index (κ3) is 2.90. The van der Waals surface area contributed by atoms with Gasteiger partial charge in [0.2, 0.25) is 0 Å². The van der Waals surface area contributed by atoms with Gasteiger partial charge in [-0.25, -0.2) is 0 Å². The molecule has 0 saturated heterocycles. The molecule has 0 amide bonds. The fraction of sp³-hybridized carbons (Fsp3) is 0.294. The summed E-state index contributed by atoms with van der Waals surface area (Å²) in [7, 11) is 0. The Morgan fingerprint density at radius 3 is 2.67 bits per heavy atom. The van der Waals surface area contributed by atoms with Crippen molar-refractivity contribution >= 4 is 0 Å². The average Bonchev–Trinajstić information content (AvgIpc) is 2.87. The summed E-state index contributed by atoms with van der Waals surface area (Å²) >= 11 is 0. The summed E-state index contributed by atoms with van der Waals surface area (Å²) in [6.45, 7) is -0.696. The second kappa shape index (κ2) is 5.45. The van der Waals surface area contributed by atoms with Crippen molar-refractivity contribution in [2.24, 2.45) is 0 Å². The number of hydrogen-bond donors (Lipinski definition) is 1. The summed E-state index contributed by atoms with van der Waals surface area (Å²) in [5.41, 5.74) is 1.79. The first-order valence-electron chi connectivity index (χ1n) is 6.93. The minimum atomic E-state index is -3.03. The number of aryl methyl sites for hydroxylation is 1. The largest absolute Gasteiger partial charge is 0.487 e. The molecule has 0 aromatic heterocycles. The summed E-state index contributed by atoms with van der Waals surface area (Å²) in [5, 5.41) is 9.72. The summed E-state index contributed by atoms with van der Waals surface area (Å²) in [6.07, 6.45) is 0.988. The molecule has 0 heterocycles. The third-order valence-corrected chi connectivity index (χ3v) is 3.78. The summed E-state index contributed by atoms with van der Waals surface area (Å²) < 4.78 is 33.3. The highest BCUT2D eigenvalue weighted by Gasteiger charge is 2.32. The zero-order chi connectivity index (χ0) is 14.9. The number of hydrogen-bond acceptors (Lipinski definition) is 2. The molecule has 4 heteroatoms. The number of rotatable bonds is 4. The van der Waals surface area contributed by atoms with Gasteiger partial charge in [-0.15, -0.1) is 0 Å². The van der Waals surface area contributed by atoms with Crippen LogP contribution in [0.15, 0.2) is 48.5 Å². The molecule has 0 unspecified atom stereocenters. The molecule has 1 aliphatic rings. The molecule has 3 rings (SSSR count). The Hall–Kier alpha value is -1.94. The van der Waals surface area contributed by atoms with E-state index < -0.39 is 18.6 Å². The quantitative estimate of drug-likeness (QED) is 0.927. The maximum absolute atomic E-state index is 14.0. The first-order chi connectivity index (χ1) is 10.1. The molecule has 0 radical (unpaired) electrons. The minimum absolute atomic E-state index is 0.0541. The summed E-state index contributed by atoms with van der Waals surface area (Å²) in [5.74, 6) is -2.61. The highest BCUT2D eigenvalue weighted by atomic mass is 19.3. The van der Waals surface area contributed by atoms with Crippen LogP contribution in [0.2, 0.25) is 0 Å². The molecule has 1 N–H and O–H groups in total. The van der Waals surface area contributed by atoms with Crippen LogP contribution >= 0.6 is 0 Å². The lowest BCUT2D eigenvalue weighted by Gasteiger charge is -2.18. The normalized spacial score (nSPS) is 17.6. The molecule has 110 valence electrons. The van der Waals surface area contributed by atoms with E-state index in [9.17, 15) is 13.9 Å². The first kappa shape index (κ1) is 14.0. The lowest BCUT2D eigenvalue weighted by Crippen LogP contribution is -2.23. The van der Waals surface area contributed by atoms with Crippen LogP contribution in [-0.4, -0.2) is 11.7 Å². The lowest BCUT2D eigenvalue weighted by atomic mass is 10.1. The van der Waals surface area contributed by atoms with Crippen molar-refractivity contribution in [1.82, 2.24) is 0 Å². The van der Waals surface area contributed by atoms with E-state index in [1.807, 2.05) is 0 Å². The lowest BCUT2D eigenvalue weighted by molar-refractivity contribution is -0.0467. The highest BCUT2D eigenvalue weighted by Crippen LogP contribution is 2.34. The molecule has 1 atom stereocenters. The number of fused-ring (bicyclic) bond motifs is 1. The number of aliphatic hydroxyl groups is 1. The van der Waals surface area contributed by atoms with Crippen LogP contribution in [0.25, 0.3) is 0 Å². The molecule has 1 aliphatic carbocycles. The van der Waals surface area contributed by atoms with Gasteiger partial charge in [0.1, 0.15) is 5.75 Å². The molecule has 2 aromatic carbocycles. The van der Waals surface area contributed by atoms with Crippen LogP contribution in [0.1, 0.15) is 29.2 Å². The molecule has 2 aromatic rings. The molecule has 0 spiro atoms.